The van der Waals surface area contributed by atoms with Gasteiger partial charge in [-0.15, -0.1) is 0 Å². The maximum atomic E-state index is 14.2. The summed E-state index contributed by atoms with van der Waals surface area (Å²) < 4.78 is 41.3. The molecule has 0 aromatic heterocycles. The van der Waals surface area contributed by atoms with Crippen LogP contribution in [0.2, 0.25) is 0 Å². The third-order valence-corrected chi connectivity index (χ3v) is 5.37. The lowest BCUT2D eigenvalue weighted by molar-refractivity contribution is -0.0437. The molecular weight excluding hydrogens is 289 g/mol. The van der Waals surface area contributed by atoms with Crippen molar-refractivity contribution < 1.29 is 33.0 Å². The van der Waals surface area contributed by atoms with Crippen molar-refractivity contribution in [3.05, 3.63) is 0 Å². The molecule has 1 fully saturated rings. The second kappa shape index (κ2) is 6.86. The Bertz CT molecular complexity index is 359. The summed E-state index contributed by atoms with van der Waals surface area (Å²) in [5, 5.41) is 19.7. The molecule has 1 aliphatic heterocycles. The van der Waals surface area contributed by atoms with E-state index in [1.807, 2.05) is 0 Å². The van der Waals surface area contributed by atoms with Gasteiger partial charge in [0.1, 0.15) is 19.6 Å². The van der Waals surface area contributed by atoms with Gasteiger partial charge >= 0.3 is 7.60 Å². The SMILES string of the molecule is [B][C@@H]1O[C@H](CC(F)P(=O)(OCC)OCC)C(O)C1(C)O. The molecule has 3 unspecified atom stereocenters. The van der Waals surface area contributed by atoms with Crippen LogP contribution >= 0.6 is 7.60 Å². The van der Waals surface area contributed by atoms with E-state index < -0.39 is 43.7 Å². The monoisotopic (exact) mass is 310 g/mol. The van der Waals surface area contributed by atoms with Gasteiger partial charge in [-0.1, -0.05) is 0 Å². The van der Waals surface area contributed by atoms with E-state index in [9.17, 15) is 19.2 Å². The maximum Gasteiger partial charge on any atom is 0.364 e. The lowest BCUT2D eigenvalue weighted by Crippen LogP contribution is -2.45. The third-order valence-electron chi connectivity index (χ3n) is 3.24. The van der Waals surface area contributed by atoms with Crippen molar-refractivity contribution in [3.63, 3.8) is 0 Å². The van der Waals surface area contributed by atoms with E-state index >= 15 is 0 Å². The average Bonchev–Trinajstić information content (AvgIpc) is 2.54. The fourth-order valence-electron chi connectivity index (χ4n) is 2.01. The minimum atomic E-state index is -3.93. The first-order chi connectivity index (χ1) is 9.19. The van der Waals surface area contributed by atoms with Crippen LogP contribution in [0.15, 0.2) is 0 Å². The molecule has 0 amide bonds. The summed E-state index contributed by atoms with van der Waals surface area (Å²) >= 11 is 0. The number of hydrogen-bond acceptors (Lipinski definition) is 6. The Balaban J connectivity index is 2.75. The van der Waals surface area contributed by atoms with E-state index in [1.165, 1.54) is 6.92 Å². The Morgan fingerprint density at radius 3 is 2.30 bits per heavy atom. The fraction of sp³-hybridized carbons (Fsp3) is 1.00. The van der Waals surface area contributed by atoms with Gasteiger partial charge in [0.05, 0.1) is 19.3 Å². The first-order valence-corrected chi connectivity index (χ1v) is 8.14. The summed E-state index contributed by atoms with van der Waals surface area (Å²) in [5.74, 6) is -1.97. The van der Waals surface area contributed by atoms with Crippen molar-refractivity contribution >= 4 is 15.4 Å². The van der Waals surface area contributed by atoms with Crippen LogP contribution in [0.4, 0.5) is 4.39 Å². The Morgan fingerprint density at radius 1 is 1.45 bits per heavy atom. The smallest absolute Gasteiger partial charge is 0.364 e. The average molecular weight is 310 g/mol. The molecule has 2 N–H and O–H groups in total. The Morgan fingerprint density at radius 2 is 1.95 bits per heavy atom. The normalized spacial score (nSPS) is 36.2. The zero-order chi connectivity index (χ0) is 15.6. The van der Waals surface area contributed by atoms with Crippen molar-refractivity contribution in [2.75, 3.05) is 13.2 Å². The van der Waals surface area contributed by atoms with Gasteiger partial charge in [0.15, 0.2) is 0 Å². The minimum Gasteiger partial charge on any atom is -0.387 e. The van der Waals surface area contributed by atoms with Crippen LogP contribution in [0, 0.1) is 0 Å². The van der Waals surface area contributed by atoms with E-state index in [-0.39, 0.29) is 13.2 Å². The summed E-state index contributed by atoms with van der Waals surface area (Å²) in [6.45, 7) is 4.49. The number of aliphatic hydroxyl groups excluding tert-OH is 1. The van der Waals surface area contributed by atoms with Crippen molar-refractivity contribution in [1.82, 2.24) is 0 Å². The predicted octanol–water partition coefficient (Wildman–Crippen LogP) is 0.943. The topological polar surface area (TPSA) is 85.2 Å². The molecule has 1 heterocycles. The van der Waals surface area contributed by atoms with Crippen molar-refractivity contribution in [1.29, 1.82) is 0 Å². The third kappa shape index (κ3) is 3.61. The van der Waals surface area contributed by atoms with E-state index in [2.05, 4.69) is 0 Å². The molecule has 1 rings (SSSR count). The number of ether oxygens (including phenoxy) is 1. The summed E-state index contributed by atoms with van der Waals surface area (Å²) in [4.78, 5) is 0. The van der Waals surface area contributed by atoms with Crippen LogP contribution in [0.25, 0.3) is 0 Å². The van der Waals surface area contributed by atoms with Gasteiger partial charge in [0, 0.05) is 12.4 Å². The van der Waals surface area contributed by atoms with Crippen LogP contribution in [-0.2, 0) is 18.3 Å². The summed E-state index contributed by atoms with van der Waals surface area (Å²) in [5.41, 5.74) is -1.69. The van der Waals surface area contributed by atoms with Gasteiger partial charge in [0.25, 0.3) is 0 Å². The molecule has 5 atom stereocenters. The van der Waals surface area contributed by atoms with Gasteiger partial charge in [-0.2, -0.15) is 0 Å². The van der Waals surface area contributed by atoms with Gasteiger partial charge in [0.2, 0.25) is 5.91 Å². The second-order valence-electron chi connectivity index (χ2n) is 4.81. The zero-order valence-corrected chi connectivity index (χ0v) is 12.8. The van der Waals surface area contributed by atoms with Crippen LogP contribution in [0.5, 0.6) is 0 Å². The van der Waals surface area contributed by atoms with Crippen LogP contribution < -0.4 is 0 Å². The molecule has 0 aliphatic carbocycles. The zero-order valence-electron chi connectivity index (χ0n) is 11.9. The second-order valence-corrected chi connectivity index (χ2v) is 6.97. The molecule has 1 aliphatic rings. The standard InChI is InChI=1S/C11H21BFO6P/c1-4-17-20(16,18-5-2)8(13)6-7-9(14)11(3,15)10(12)19-7/h7-10,14-15H,4-6H2,1-3H3/t7-,8?,9?,10-,11?/m1/s1. The van der Waals surface area contributed by atoms with E-state index in [0.29, 0.717) is 0 Å². The summed E-state index contributed by atoms with van der Waals surface area (Å²) in [6, 6.07) is -1.15. The van der Waals surface area contributed by atoms with Gasteiger partial charge in [-0.25, -0.2) is 4.39 Å². The first kappa shape index (κ1) is 18.1. The van der Waals surface area contributed by atoms with Crippen LogP contribution in [0.3, 0.4) is 0 Å². The largest absolute Gasteiger partial charge is 0.387 e. The number of alkyl halides is 1. The molecule has 2 radical (unpaired) electrons. The quantitative estimate of drug-likeness (QED) is 0.538. The Hall–Kier alpha value is 0.0249. The molecule has 0 spiro atoms. The molecular formula is C11H21BFO6P. The Labute approximate surface area is 119 Å². The molecule has 0 saturated carbocycles. The number of rotatable bonds is 7. The number of aliphatic hydroxyl groups is 2. The summed E-state index contributed by atoms with van der Waals surface area (Å²) in [6.07, 6.45) is -2.90. The van der Waals surface area contributed by atoms with Crippen LogP contribution in [-0.4, -0.2) is 61.0 Å². The van der Waals surface area contributed by atoms with Gasteiger partial charge < -0.3 is 24.0 Å². The molecule has 1 saturated heterocycles. The lowest BCUT2D eigenvalue weighted by atomic mass is 9.82. The molecule has 6 nitrogen and oxygen atoms in total. The molecule has 0 aromatic rings. The van der Waals surface area contributed by atoms with Crippen molar-refractivity contribution in [2.45, 2.75) is 56.9 Å². The van der Waals surface area contributed by atoms with Gasteiger partial charge in [-0.05, 0) is 20.8 Å². The van der Waals surface area contributed by atoms with Crippen LogP contribution in [0.1, 0.15) is 27.2 Å². The predicted molar refractivity (Wildman–Crippen MR) is 71.4 cm³/mol. The maximum absolute atomic E-state index is 14.2. The fourth-order valence-corrected chi connectivity index (χ4v) is 3.59. The Kier molecular flexibility index (Phi) is 6.20. The highest BCUT2D eigenvalue weighted by Gasteiger charge is 2.51. The van der Waals surface area contributed by atoms with Crippen molar-refractivity contribution in [2.24, 2.45) is 0 Å². The minimum absolute atomic E-state index is 0.0308. The highest BCUT2D eigenvalue weighted by atomic mass is 31.2. The lowest BCUT2D eigenvalue weighted by Gasteiger charge is -2.26. The molecule has 116 valence electrons. The molecule has 0 aromatic carbocycles. The highest BCUT2D eigenvalue weighted by molar-refractivity contribution is 7.54. The molecule has 20 heavy (non-hydrogen) atoms. The van der Waals surface area contributed by atoms with E-state index in [4.69, 9.17) is 21.6 Å². The molecule has 9 heteroatoms. The number of hydrogen-bond donors (Lipinski definition) is 2. The van der Waals surface area contributed by atoms with E-state index in [1.54, 1.807) is 13.8 Å². The number of halogens is 1. The molecule has 0 bridgehead atoms. The first-order valence-electron chi connectivity index (χ1n) is 6.53. The van der Waals surface area contributed by atoms with Gasteiger partial charge in [-0.3, -0.25) is 4.57 Å². The van der Waals surface area contributed by atoms with E-state index in [0.717, 1.165) is 0 Å². The summed E-state index contributed by atoms with van der Waals surface area (Å²) in [7, 11) is 1.58. The highest BCUT2D eigenvalue weighted by Crippen LogP contribution is 2.55. The van der Waals surface area contributed by atoms with Crippen molar-refractivity contribution in [3.8, 4) is 0 Å².